The second kappa shape index (κ2) is 6.83. The van der Waals surface area contributed by atoms with E-state index in [1.165, 1.54) is 35.6 Å². The quantitative estimate of drug-likeness (QED) is 0.935. The molecule has 3 nitrogen and oxygen atoms in total. The Morgan fingerprint density at radius 1 is 0.875 bits per heavy atom. The van der Waals surface area contributed by atoms with Gasteiger partial charge < -0.3 is 10.0 Å². The molecule has 0 aromatic heterocycles. The molecule has 0 spiro atoms. The lowest BCUT2D eigenvalue weighted by Crippen LogP contribution is -2.46. The van der Waals surface area contributed by atoms with E-state index in [9.17, 15) is 5.11 Å². The minimum absolute atomic E-state index is 0.520. The molecule has 2 aromatic rings. The third-order valence-corrected chi connectivity index (χ3v) is 5.60. The van der Waals surface area contributed by atoms with Crippen LogP contribution in [0.1, 0.15) is 31.2 Å². The molecular formula is C21H28N2O. The molecule has 1 N–H and O–H groups in total. The van der Waals surface area contributed by atoms with Gasteiger partial charge in [0.1, 0.15) is 0 Å². The van der Waals surface area contributed by atoms with Crippen LogP contribution >= 0.6 is 0 Å². The van der Waals surface area contributed by atoms with E-state index in [4.69, 9.17) is 0 Å². The summed E-state index contributed by atoms with van der Waals surface area (Å²) in [4.78, 5) is 4.87. The highest BCUT2D eigenvalue weighted by atomic mass is 16.3. The largest absolute Gasteiger partial charge is 0.387 e. The molecule has 0 radical (unpaired) electrons. The van der Waals surface area contributed by atoms with Crippen molar-refractivity contribution in [2.45, 2.75) is 37.8 Å². The van der Waals surface area contributed by atoms with E-state index in [1.54, 1.807) is 0 Å². The third-order valence-electron chi connectivity index (χ3n) is 5.60. The smallest absolute Gasteiger partial charge is 0.0912 e. The number of hydrogen-bond donors (Lipinski definition) is 1. The minimum Gasteiger partial charge on any atom is -0.387 e. The standard InChI is InChI=1S/C21H28N2O/c24-21(16-22-11-4-1-5-12-22)10-13-23(17-21)15-18-8-9-19-6-2-3-7-20(19)14-18/h2-3,6-9,14,24H,1,4-5,10-13,15-17H2/t21-/m0/s1. The van der Waals surface area contributed by atoms with E-state index >= 15 is 0 Å². The van der Waals surface area contributed by atoms with Crippen molar-refractivity contribution in [2.24, 2.45) is 0 Å². The maximum atomic E-state index is 11.0. The average molecular weight is 324 g/mol. The van der Waals surface area contributed by atoms with Crippen LogP contribution in [0.15, 0.2) is 42.5 Å². The zero-order valence-electron chi connectivity index (χ0n) is 14.5. The zero-order valence-corrected chi connectivity index (χ0v) is 14.5. The molecule has 4 rings (SSSR count). The normalized spacial score (nSPS) is 26.2. The van der Waals surface area contributed by atoms with Crippen molar-refractivity contribution < 1.29 is 5.11 Å². The Labute approximate surface area is 144 Å². The monoisotopic (exact) mass is 324 g/mol. The fraction of sp³-hybridized carbons (Fsp3) is 0.524. The fourth-order valence-corrected chi connectivity index (χ4v) is 4.33. The average Bonchev–Trinajstić information content (AvgIpc) is 2.96. The Bertz CT molecular complexity index is 695. The molecule has 2 fully saturated rings. The molecule has 2 saturated heterocycles. The Morgan fingerprint density at radius 3 is 2.50 bits per heavy atom. The molecule has 2 aromatic carbocycles. The highest BCUT2D eigenvalue weighted by Crippen LogP contribution is 2.26. The zero-order chi connectivity index (χ0) is 16.4. The minimum atomic E-state index is -0.520. The first-order chi connectivity index (χ1) is 11.7. The van der Waals surface area contributed by atoms with Crippen molar-refractivity contribution in [1.29, 1.82) is 0 Å². The van der Waals surface area contributed by atoms with Gasteiger partial charge in [-0.1, -0.05) is 42.8 Å². The summed E-state index contributed by atoms with van der Waals surface area (Å²) in [5.41, 5.74) is 0.824. The van der Waals surface area contributed by atoms with Gasteiger partial charge in [-0.2, -0.15) is 0 Å². The van der Waals surface area contributed by atoms with Gasteiger partial charge in [0.15, 0.2) is 0 Å². The van der Waals surface area contributed by atoms with Crippen molar-refractivity contribution in [1.82, 2.24) is 9.80 Å². The Kier molecular flexibility index (Phi) is 4.57. The van der Waals surface area contributed by atoms with Crippen molar-refractivity contribution in [2.75, 3.05) is 32.7 Å². The van der Waals surface area contributed by atoms with Crippen LogP contribution in [0.3, 0.4) is 0 Å². The van der Waals surface area contributed by atoms with E-state index in [-0.39, 0.29) is 0 Å². The van der Waals surface area contributed by atoms with Crippen LogP contribution in [0.5, 0.6) is 0 Å². The molecule has 2 aliphatic rings. The molecule has 128 valence electrons. The molecule has 0 amide bonds. The van der Waals surface area contributed by atoms with Crippen molar-refractivity contribution in [3.8, 4) is 0 Å². The summed E-state index contributed by atoms with van der Waals surface area (Å²) in [6, 6.07) is 15.2. The molecule has 0 aliphatic carbocycles. The summed E-state index contributed by atoms with van der Waals surface area (Å²) in [5.74, 6) is 0. The highest BCUT2D eigenvalue weighted by molar-refractivity contribution is 5.82. The van der Waals surface area contributed by atoms with Crippen LogP contribution in [-0.4, -0.2) is 53.2 Å². The Balaban J connectivity index is 1.38. The summed E-state index contributed by atoms with van der Waals surface area (Å²) in [7, 11) is 0. The maximum absolute atomic E-state index is 11.0. The van der Waals surface area contributed by atoms with Gasteiger partial charge >= 0.3 is 0 Å². The van der Waals surface area contributed by atoms with Gasteiger partial charge in [0.25, 0.3) is 0 Å². The SMILES string of the molecule is O[C@]1(CN2CCCCC2)CCN(Cc2ccc3ccccc3c2)C1. The lowest BCUT2D eigenvalue weighted by molar-refractivity contribution is 0.00635. The number of nitrogens with zero attached hydrogens (tertiary/aromatic N) is 2. The number of aliphatic hydroxyl groups is 1. The van der Waals surface area contributed by atoms with Crippen LogP contribution < -0.4 is 0 Å². The topological polar surface area (TPSA) is 26.7 Å². The van der Waals surface area contributed by atoms with Gasteiger partial charge in [0.05, 0.1) is 5.60 Å². The summed E-state index contributed by atoms with van der Waals surface area (Å²) >= 11 is 0. The van der Waals surface area contributed by atoms with Gasteiger partial charge in [-0.3, -0.25) is 4.90 Å². The van der Waals surface area contributed by atoms with Crippen LogP contribution in [0.2, 0.25) is 0 Å². The van der Waals surface area contributed by atoms with Gasteiger partial charge in [-0.25, -0.2) is 0 Å². The van der Waals surface area contributed by atoms with Gasteiger partial charge in [0.2, 0.25) is 0 Å². The summed E-state index contributed by atoms with van der Waals surface area (Å²) in [6.45, 7) is 5.90. The van der Waals surface area contributed by atoms with E-state index in [0.29, 0.717) is 0 Å². The third kappa shape index (κ3) is 3.64. The van der Waals surface area contributed by atoms with E-state index in [0.717, 1.165) is 45.7 Å². The van der Waals surface area contributed by atoms with Crippen LogP contribution in [-0.2, 0) is 6.54 Å². The van der Waals surface area contributed by atoms with Crippen LogP contribution in [0.25, 0.3) is 10.8 Å². The molecule has 24 heavy (non-hydrogen) atoms. The predicted molar refractivity (Wildman–Crippen MR) is 99.1 cm³/mol. The van der Waals surface area contributed by atoms with Gasteiger partial charge in [-0.05, 0) is 54.8 Å². The number of piperidine rings is 1. The van der Waals surface area contributed by atoms with E-state index in [2.05, 4.69) is 52.3 Å². The molecule has 3 heteroatoms. The van der Waals surface area contributed by atoms with E-state index < -0.39 is 5.60 Å². The second-order valence-electron chi connectivity index (χ2n) is 7.70. The molecule has 0 bridgehead atoms. The van der Waals surface area contributed by atoms with Gasteiger partial charge in [-0.15, -0.1) is 0 Å². The molecule has 0 saturated carbocycles. The van der Waals surface area contributed by atoms with Crippen molar-refractivity contribution in [3.63, 3.8) is 0 Å². The fourth-order valence-electron chi connectivity index (χ4n) is 4.33. The summed E-state index contributed by atoms with van der Waals surface area (Å²) in [5, 5.41) is 13.6. The first-order valence-electron chi connectivity index (χ1n) is 9.35. The Morgan fingerprint density at radius 2 is 1.67 bits per heavy atom. The Hall–Kier alpha value is -1.42. The van der Waals surface area contributed by atoms with Gasteiger partial charge in [0, 0.05) is 26.2 Å². The number of hydrogen-bond acceptors (Lipinski definition) is 3. The lowest BCUT2D eigenvalue weighted by atomic mass is 10.0. The van der Waals surface area contributed by atoms with Crippen molar-refractivity contribution in [3.05, 3.63) is 48.0 Å². The molecule has 1 atom stereocenters. The second-order valence-corrected chi connectivity index (χ2v) is 7.70. The van der Waals surface area contributed by atoms with Crippen molar-refractivity contribution >= 4 is 10.8 Å². The summed E-state index contributed by atoms with van der Waals surface area (Å²) < 4.78 is 0. The van der Waals surface area contributed by atoms with E-state index in [1.807, 2.05) is 0 Å². The molecule has 2 heterocycles. The number of benzene rings is 2. The predicted octanol–water partition coefficient (Wildman–Crippen LogP) is 3.26. The molecule has 0 unspecified atom stereocenters. The van der Waals surface area contributed by atoms with Crippen LogP contribution in [0, 0.1) is 0 Å². The number of fused-ring (bicyclic) bond motifs is 1. The maximum Gasteiger partial charge on any atom is 0.0912 e. The highest BCUT2D eigenvalue weighted by Gasteiger charge is 2.37. The number of rotatable bonds is 4. The molecule has 2 aliphatic heterocycles. The number of β-amino-alcohol motifs (C(OH)–C–C–N with tert-alkyl or cyclic N) is 1. The van der Waals surface area contributed by atoms with Crippen LogP contribution in [0.4, 0.5) is 0 Å². The first kappa shape index (κ1) is 16.1. The molecular weight excluding hydrogens is 296 g/mol. The number of likely N-dealkylation sites (tertiary alicyclic amines) is 2. The summed E-state index contributed by atoms with van der Waals surface area (Å²) in [6.07, 6.45) is 4.83. The first-order valence-corrected chi connectivity index (χ1v) is 9.35. The lowest BCUT2D eigenvalue weighted by Gasteiger charge is -2.33.